The Bertz CT molecular complexity index is 890. The van der Waals surface area contributed by atoms with Crippen molar-refractivity contribution >= 4 is 22.4 Å². The molecule has 3 aromatic rings. The van der Waals surface area contributed by atoms with E-state index in [0.717, 1.165) is 28.3 Å². The molecule has 5 nitrogen and oxygen atoms in total. The standard InChI is InChI=1S/C20H21N3O2S/c1-4-13-23(19(24)15-9-11-16(25-3)12-10-15)20-22-21-18(26-20)17-8-6-5-7-14(17)2/h5-12H,4,13H2,1-3H3. The number of carbonyl (C=O) groups excluding carboxylic acids is 1. The summed E-state index contributed by atoms with van der Waals surface area (Å²) in [5.74, 6) is 0.642. The second-order valence-electron chi connectivity index (χ2n) is 5.89. The van der Waals surface area contributed by atoms with Gasteiger partial charge in [0, 0.05) is 17.7 Å². The van der Waals surface area contributed by atoms with Crippen LogP contribution >= 0.6 is 11.3 Å². The van der Waals surface area contributed by atoms with Gasteiger partial charge in [-0.1, -0.05) is 42.5 Å². The Morgan fingerprint density at radius 2 is 1.85 bits per heavy atom. The number of hydrogen-bond acceptors (Lipinski definition) is 5. The Kier molecular flexibility index (Phi) is 5.63. The second-order valence-corrected chi connectivity index (χ2v) is 6.85. The molecule has 6 heteroatoms. The number of aryl methyl sites for hydroxylation is 1. The molecule has 0 bridgehead atoms. The zero-order valence-corrected chi connectivity index (χ0v) is 15.9. The van der Waals surface area contributed by atoms with Gasteiger partial charge >= 0.3 is 0 Å². The van der Waals surface area contributed by atoms with Gasteiger partial charge in [0.25, 0.3) is 5.91 Å². The lowest BCUT2D eigenvalue weighted by atomic mass is 10.1. The van der Waals surface area contributed by atoms with Crippen molar-refractivity contribution in [1.29, 1.82) is 0 Å². The predicted octanol–water partition coefficient (Wildman–Crippen LogP) is 4.58. The molecule has 1 heterocycles. The Balaban J connectivity index is 1.90. The molecule has 0 aliphatic carbocycles. The lowest BCUT2D eigenvalue weighted by molar-refractivity contribution is 0.0986. The number of benzene rings is 2. The first-order valence-electron chi connectivity index (χ1n) is 8.49. The van der Waals surface area contributed by atoms with Gasteiger partial charge in [0.05, 0.1) is 7.11 Å². The molecule has 0 unspecified atom stereocenters. The van der Waals surface area contributed by atoms with Gasteiger partial charge in [0.1, 0.15) is 10.8 Å². The van der Waals surface area contributed by atoms with Crippen LogP contribution in [0, 0.1) is 6.92 Å². The van der Waals surface area contributed by atoms with E-state index in [9.17, 15) is 4.79 Å². The van der Waals surface area contributed by atoms with Crippen LogP contribution in [0.1, 0.15) is 29.3 Å². The highest BCUT2D eigenvalue weighted by atomic mass is 32.1. The number of ether oxygens (including phenoxy) is 1. The molecule has 0 radical (unpaired) electrons. The summed E-state index contributed by atoms with van der Waals surface area (Å²) in [5.41, 5.74) is 2.79. The summed E-state index contributed by atoms with van der Waals surface area (Å²) >= 11 is 1.44. The number of hydrogen-bond donors (Lipinski definition) is 0. The summed E-state index contributed by atoms with van der Waals surface area (Å²) in [6.45, 7) is 4.67. The van der Waals surface area contributed by atoms with Crippen molar-refractivity contribution in [2.75, 3.05) is 18.6 Å². The summed E-state index contributed by atoms with van der Waals surface area (Å²) in [6.07, 6.45) is 0.834. The van der Waals surface area contributed by atoms with Crippen molar-refractivity contribution in [3.63, 3.8) is 0 Å². The predicted molar refractivity (Wildman–Crippen MR) is 105 cm³/mol. The molecule has 1 amide bonds. The molecule has 0 aliphatic rings. The number of carbonyl (C=O) groups is 1. The number of anilines is 1. The summed E-state index contributed by atoms with van der Waals surface area (Å²) in [4.78, 5) is 14.7. The van der Waals surface area contributed by atoms with Crippen LogP contribution in [0.25, 0.3) is 10.6 Å². The van der Waals surface area contributed by atoms with Gasteiger partial charge in [-0.15, -0.1) is 10.2 Å². The number of methoxy groups -OCH3 is 1. The number of aromatic nitrogens is 2. The van der Waals surface area contributed by atoms with Crippen LogP contribution in [-0.2, 0) is 0 Å². The van der Waals surface area contributed by atoms with Crippen molar-refractivity contribution in [3.05, 3.63) is 59.7 Å². The van der Waals surface area contributed by atoms with E-state index in [-0.39, 0.29) is 5.91 Å². The van der Waals surface area contributed by atoms with Crippen molar-refractivity contribution in [1.82, 2.24) is 10.2 Å². The molecule has 0 N–H and O–H groups in total. The van der Waals surface area contributed by atoms with E-state index in [1.165, 1.54) is 11.3 Å². The Morgan fingerprint density at radius 1 is 1.12 bits per heavy atom. The van der Waals surface area contributed by atoms with Gasteiger partial charge < -0.3 is 4.74 Å². The summed E-state index contributed by atoms with van der Waals surface area (Å²) in [6, 6.07) is 15.2. The van der Waals surface area contributed by atoms with Crippen LogP contribution in [0.4, 0.5) is 5.13 Å². The van der Waals surface area contributed by atoms with E-state index >= 15 is 0 Å². The molecule has 0 saturated heterocycles. The van der Waals surface area contributed by atoms with Crippen molar-refractivity contribution < 1.29 is 9.53 Å². The highest BCUT2D eigenvalue weighted by Gasteiger charge is 2.21. The van der Waals surface area contributed by atoms with Gasteiger partial charge in [0.2, 0.25) is 5.13 Å². The van der Waals surface area contributed by atoms with Gasteiger partial charge in [-0.05, 0) is 43.2 Å². The van der Waals surface area contributed by atoms with E-state index in [0.29, 0.717) is 17.2 Å². The quantitative estimate of drug-likeness (QED) is 0.640. The molecule has 0 fully saturated rings. The minimum Gasteiger partial charge on any atom is -0.497 e. The molecule has 26 heavy (non-hydrogen) atoms. The second kappa shape index (κ2) is 8.10. The van der Waals surface area contributed by atoms with Gasteiger partial charge in [-0.25, -0.2) is 0 Å². The molecule has 0 saturated carbocycles. The Labute approximate surface area is 157 Å². The Morgan fingerprint density at radius 3 is 2.50 bits per heavy atom. The summed E-state index contributed by atoms with van der Waals surface area (Å²) in [5, 5.41) is 10.0. The average Bonchev–Trinajstić information content (AvgIpc) is 3.15. The lowest BCUT2D eigenvalue weighted by Gasteiger charge is -2.18. The van der Waals surface area contributed by atoms with E-state index in [4.69, 9.17) is 4.74 Å². The molecule has 0 spiro atoms. The van der Waals surface area contributed by atoms with Crippen LogP contribution in [0.15, 0.2) is 48.5 Å². The first kappa shape index (κ1) is 18.1. The topological polar surface area (TPSA) is 55.3 Å². The highest BCUT2D eigenvalue weighted by molar-refractivity contribution is 7.18. The number of amides is 1. The maximum absolute atomic E-state index is 13.0. The smallest absolute Gasteiger partial charge is 0.260 e. The Hall–Kier alpha value is -2.73. The summed E-state index contributed by atoms with van der Waals surface area (Å²) < 4.78 is 5.16. The van der Waals surface area contributed by atoms with Crippen LogP contribution in [-0.4, -0.2) is 29.8 Å². The highest BCUT2D eigenvalue weighted by Crippen LogP contribution is 2.31. The van der Waals surface area contributed by atoms with Crippen LogP contribution in [0.5, 0.6) is 5.75 Å². The monoisotopic (exact) mass is 367 g/mol. The maximum atomic E-state index is 13.0. The third-order valence-corrected chi connectivity index (χ3v) is 5.03. The van der Waals surface area contributed by atoms with Gasteiger partial charge in [0.15, 0.2) is 0 Å². The molecular weight excluding hydrogens is 346 g/mol. The lowest BCUT2D eigenvalue weighted by Crippen LogP contribution is -2.31. The number of nitrogens with zero attached hydrogens (tertiary/aromatic N) is 3. The molecule has 0 atom stereocenters. The average molecular weight is 367 g/mol. The maximum Gasteiger partial charge on any atom is 0.260 e. The zero-order valence-electron chi connectivity index (χ0n) is 15.1. The summed E-state index contributed by atoms with van der Waals surface area (Å²) in [7, 11) is 1.61. The largest absolute Gasteiger partial charge is 0.497 e. The minimum atomic E-state index is -0.0815. The first-order chi connectivity index (χ1) is 12.6. The molecule has 0 aliphatic heterocycles. The van der Waals surface area contributed by atoms with Gasteiger partial charge in [-0.2, -0.15) is 0 Å². The first-order valence-corrected chi connectivity index (χ1v) is 9.31. The zero-order chi connectivity index (χ0) is 18.5. The molecular formula is C20H21N3O2S. The van der Waals surface area contributed by atoms with Gasteiger partial charge in [-0.3, -0.25) is 9.69 Å². The fourth-order valence-electron chi connectivity index (χ4n) is 2.64. The normalized spacial score (nSPS) is 10.6. The van der Waals surface area contributed by atoms with E-state index in [2.05, 4.69) is 10.2 Å². The van der Waals surface area contributed by atoms with E-state index in [1.807, 2.05) is 38.1 Å². The van der Waals surface area contributed by atoms with E-state index in [1.54, 1.807) is 36.3 Å². The third kappa shape index (κ3) is 3.75. The molecule has 134 valence electrons. The van der Waals surface area contributed by atoms with Crippen LogP contribution in [0.2, 0.25) is 0 Å². The SMILES string of the molecule is CCCN(C(=O)c1ccc(OC)cc1)c1nnc(-c2ccccc2C)s1. The third-order valence-electron chi connectivity index (χ3n) is 4.05. The molecule has 3 rings (SSSR count). The number of rotatable bonds is 6. The van der Waals surface area contributed by atoms with Crippen molar-refractivity contribution in [2.45, 2.75) is 20.3 Å². The van der Waals surface area contributed by atoms with E-state index < -0.39 is 0 Å². The van der Waals surface area contributed by atoms with Crippen molar-refractivity contribution in [3.8, 4) is 16.3 Å². The van der Waals surface area contributed by atoms with Crippen molar-refractivity contribution in [2.24, 2.45) is 0 Å². The molecule has 2 aromatic carbocycles. The van der Waals surface area contributed by atoms with Crippen LogP contribution < -0.4 is 9.64 Å². The van der Waals surface area contributed by atoms with Crippen LogP contribution in [0.3, 0.4) is 0 Å². The fourth-order valence-corrected chi connectivity index (χ4v) is 3.60. The minimum absolute atomic E-state index is 0.0815. The molecule has 1 aromatic heterocycles. The fraction of sp³-hybridized carbons (Fsp3) is 0.250.